The van der Waals surface area contributed by atoms with Gasteiger partial charge in [-0.2, -0.15) is 0 Å². The van der Waals surface area contributed by atoms with Gasteiger partial charge < -0.3 is 20.1 Å². The molecule has 4 nitrogen and oxygen atoms in total. The number of hydrogen-bond acceptors (Lipinski definition) is 4. The Hall–Kier alpha value is -0.680. The van der Waals surface area contributed by atoms with Crippen LogP contribution in [0.3, 0.4) is 0 Å². The molecule has 146 valence electrons. The minimum atomic E-state index is -0.300. The lowest BCUT2D eigenvalue weighted by Gasteiger charge is -2.20. The van der Waals surface area contributed by atoms with E-state index < -0.39 is 0 Å². The first-order valence-corrected chi connectivity index (χ1v) is 9.98. The van der Waals surface area contributed by atoms with Gasteiger partial charge in [0.05, 0.1) is 12.2 Å². The fraction of sp³-hybridized carbons (Fsp3) is 0.810. The average Bonchev–Trinajstić information content (AvgIpc) is 2.92. The molecule has 4 atom stereocenters. The van der Waals surface area contributed by atoms with E-state index in [4.69, 9.17) is 14.9 Å². The Balaban J connectivity index is 2.41. The van der Waals surface area contributed by atoms with Crippen LogP contribution in [0.5, 0.6) is 0 Å². The van der Waals surface area contributed by atoms with Crippen LogP contribution < -0.4 is 0 Å². The third kappa shape index (κ3) is 9.00. The second-order valence-electron chi connectivity index (χ2n) is 7.10. The lowest BCUT2D eigenvalue weighted by atomic mass is 9.89. The third-order valence-corrected chi connectivity index (χ3v) is 5.19. The largest absolute Gasteiger partial charge is 0.396 e. The molecule has 0 saturated heterocycles. The van der Waals surface area contributed by atoms with Crippen molar-refractivity contribution in [1.29, 1.82) is 0 Å². The first kappa shape index (κ1) is 22.4. The number of allylic oxidation sites excluding steroid dienone is 3. The Bertz CT molecular complexity index is 367. The molecule has 1 rings (SSSR count). The van der Waals surface area contributed by atoms with Gasteiger partial charge in [0.15, 0.2) is 0 Å². The molecule has 1 aliphatic carbocycles. The molecule has 3 N–H and O–H groups in total. The summed E-state index contributed by atoms with van der Waals surface area (Å²) in [4.78, 5) is 0. The Morgan fingerprint density at radius 3 is 2.24 bits per heavy atom. The topological polar surface area (TPSA) is 69.9 Å². The summed E-state index contributed by atoms with van der Waals surface area (Å²) in [7, 11) is 1.74. The molecule has 1 unspecified atom stereocenters. The maximum absolute atomic E-state index is 10.4. The molecule has 0 heterocycles. The van der Waals surface area contributed by atoms with Crippen molar-refractivity contribution in [2.45, 2.75) is 76.4 Å². The first-order chi connectivity index (χ1) is 12.2. The number of unbranched alkanes of at least 4 members (excludes halogenated alkanes) is 6. The highest BCUT2D eigenvalue weighted by Gasteiger charge is 2.40. The Morgan fingerprint density at radius 1 is 0.880 bits per heavy atom. The summed E-state index contributed by atoms with van der Waals surface area (Å²) >= 11 is 0. The summed E-state index contributed by atoms with van der Waals surface area (Å²) in [6, 6.07) is 0. The quantitative estimate of drug-likeness (QED) is 0.329. The third-order valence-electron chi connectivity index (χ3n) is 5.19. The van der Waals surface area contributed by atoms with E-state index in [-0.39, 0.29) is 30.7 Å². The molecule has 1 aliphatic rings. The number of methoxy groups -OCH3 is 1. The molecule has 0 spiro atoms. The highest BCUT2D eigenvalue weighted by atomic mass is 16.5. The van der Waals surface area contributed by atoms with Gasteiger partial charge in [-0.25, -0.2) is 0 Å². The van der Waals surface area contributed by atoms with Gasteiger partial charge >= 0.3 is 0 Å². The molecule has 0 bridgehead atoms. The second-order valence-corrected chi connectivity index (χ2v) is 7.10. The van der Waals surface area contributed by atoms with Crippen LogP contribution in [0.2, 0.25) is 0 Å². The van der Waals surface area contributed by atoms with E-state index in [1.165, 1.54) is 0 Å². The van der Waals surface area contributed by atoms with Crippen LogP contribution in [-0.2, 0) is 4.74 Å². The summed E-state index contributed by atoms with van der Waals surface area (Å²) in [5.74, 6) is 0.504. The zero-order valence-corrected chi connectivity index (χ0v) is 15.9. The number of hydrogen-bond donors (Lipinski definition) is 3. The molecule has 4 heteroatoms. The Morgan fingerprint density at radius 2 is 1.52 bits per heavy atom. The molecule has 0 amide bonds. The van der Waals surface area contributed by atoms with Crippen LogP contribution >= 0.6 is 0 Å². The van der Waals surface area contributed by atoms with Crippen molar-refractivity contribution in [2.24, 2.45) is 11.8 Å². The van der Waals surface area contributed by atoms with E-state index in [9.17, 15) is 5.11 Å². The smallest absolute Gasteiger partial charge is 0.0662 e. The van der Waals surface area contributed by atoms with Crippen molar-refractivity contribution >= 4 is 0 Å². The fourth-order valence-electron chi connectivity index (χ4n) is 3.66. The van der Waals surface area contributed by atoms with Crippen LogP contribution in [0.15, 0.2) is 24.3 Å². The zero-order chi connectivity index (χ0) is 18.3. The van der Waals surface area contributed by atoms with Gasteiger partial charge in [-0.1, -0.05) is 37.1 Å². The fourth-order valence-corrected chi connectivity index (χ4v) is 3.66. The van der Waals surface area contributed by atoms with Gasteiger partial charge in [-0.15, -0.1) is 0 Å². The summed E-state index contributed by atoms with van der Waals surface area (Å²) in [5.41, 5.74) is 0. The van der Waals surface area contributed by atoms with Gasteiger partial charge in [0.2, 0.25) is 0 Å². The minimum Gasteiger partial charge on any atom is -0.396 e. The molecule has 1 saturated carbocycles. The van der Waals surface area contributed by atoms with Crippen molar-refractivity contribution in [2.75, 3.05) is 20.3 Å². The van der Waals surface area contributed by atoms with Crippen LogP contribution in [-0.4, -0.2) is 47.9 Å². The molecular formula is C21H38O4. The normalized spacial score (nSPS) is 27.0. The number of aliphatic hydroxyl groups excluding tert-OH is 3. The molecule has 0 aromatic rings. The molecule has 0 radical (unpaired) electrons. The summed E-state index contributed by atoms with van der Waals surface area (Å²) < 4.78 is 5.60. The van der Waals surface area contributed by atoms with Gasteiger partial charge in [0.1, 0.15) is 0 Å². The summed E-state index contributed by atoms with van der Waals surface area (Å²) in [6.45, 7) is 0.554. The van der Waals surface area contributed by atoms with Gasteiger partial charge in [-0.3, -0.25) is 0 Å². The van der Waals surface area contributed by atoms with Crippen molar-refractivity contribution in [3.63, 3.8) is 0 Å². The van der Waals surface area contributed by atoms with Gasteiger partial charge in [-0.05, 0) is 50.9 Å². The zero-order valence-electron chi connectivity index (χ0n) is 15.9. The van der Waals surface area contributed by atoms with Crippen molar-refractivity contribution in [3.8, 4) is 0 Å². The molecule has 25 heavy (non-hydrogen) atoms. The SMILES string of the molecule is CO[C@H]1C[C@@H](O)C(C/C=C\CCCCO)[C@@H]1/C=C/CCCCCCO. The Labute approximate surface area is 153 Å². The monoisotopic (exact) mass is 354 g/mol. The Kier molecular flexibility index (Phi) is 13.0. The lowest BCUT2D eigenvalue weighted by Crippen LogP contribution is -2.21. The predicted molar refractivity (Wildman–Crippen MR) is 102 cm³/mol. The van der Waals surface area contributed by atoms with E-state index in [0.29, 0.717) is 13.0 Å². The maximum atomic E-state index is 10.4. The van der Waals surface area contributed by atoms with Crippen LogP contribution in [0.1, 0.15) is 64.2 Å². The van der Waals surface area contributed by atoms with E-state index in [2.05, 4.69) is 24.3 Å². The summed E-state index contributed by atoms with van der Waals surface area (Å²) in [6.07, 6.45) is 18.5. The average molecular weight is 355 g/mol. The first-order valence-electron chi connectivity index (χ1n) is 9.98. The van der Waals surface area contributed by atoms with Gasteiger partial charge in [0, 0.05) is 32.7 Å². The highest BCUT2D eigenvalue weighted by molar-refractivity contribution is 5.05. The number of aliphatic hydroxyl groups is 3. The highest BCUT2D eigenvalue weighted by Crippen LogP contribution is 2.37. The molecule has 1 fully saturated rings. The summed E-state index contributed by atoms with van der Waals surface area (Å²) in [5, 5.41) is 28.0. The molecule has 0 aliphatic heterocycles. The predicted octanol–water partition coefficient (Wildman–Crippen LogP) is 3.61. The van der Waals surface area contributed by atoms with E-state index in [0.717, 1.165) is 57.8 Å². The van der Waals surface area contributed by atoms with Crippen molar-refractivity contribution in [3.05, 3.63) is 24.3 Å². The minimum absolute atomic E-state index is 0.105. The molecule has 0 aromatic heterocycles. The van der Waals surface area contributed by atoms with Gasteiger partial charge in [0.25, 0.3) is 0 Å². The second kappa shape index (κ2) is 14.5. The lowest BCUT2D eigenvalue weighted by molar-refractivity contribution is 0.0749. The molecule has 0 aromatic carbocycles. The van der Waals surface area contributed by atoms with Crippen LogP contribution in [0.25, 0.3) is 0 Å². The van der Waals surface area contributed by atoms with Crippen molar-refractivity contribution in [1.82, 2.24) is 0 Å². The van der Waals surface area contributed by atoms with Crippen LogP contribution in [0, 0.1) is 11.8 Å². The number of rotatable bonds is 14. The van der Waals surface area contributed by atoms with E-state index in [1.54, 1.807) is 7.11 Å². The maximum Gasteiger partial charge on any atom is 0.0662 e. The van der Waals surface area contributed by atoms with Crippen molar-refractivity contribution < 1.29 is 20.1 Å². The standard InChI is InChI=1S/C21H38O4/c1-25-21-17-20(24)18(13-9-6-4-8-12-16-23)19(21)14-10-5-2-3-7-11-15-22/h6,9-10,14,18-24H,2-5,7-8,11-13,15-17H2,1H3/b9-6-,14-10+/t18?,19-,20+,21-/m0/s1. The van der Waals surface area contributed by atoms with Crippen LogP contribution in [0.4, 0.5) is 0 Å². The number of ether oxygens (including phenoxy) is 1. The van der Waals surface area contributed by atoms with E-state index in [1.807, 2.05) is 0 Å². The van der Waals surface area contributed by atoms with E-state index >= 15 is 0 Å². The molecular weight excluding hydrogens is 316 g/mol.